The molecule has 2 heterocycles. The van der Waals surface area contributed by atoms with Gasteiger partial charge in [0.05, 0.1) is 6.61 Å². The smallest absolute Gasteiger partial charge is 0.253 e. The van der Waals surface area contributed by atoms with Crippen LogP contribution in [0, 0.1) is 0 Å². The molecule has 0 atom stereocenters. The summed E-state index contributed by atoms with van der Waals surface area (Å²) in [5, 5.41) is 9.95. The first-order valence-corrected chi connectivity index (χ1v) is 4.08. The number of fused-ring (bicyclic) bond motifs is 1. The number of aromatic nitrogens is 4. The van der Waals surface area contributed by atoms with Crippen LogP contribution < -0.4 is 15.9 Å². The van der Waals surface area contributed by atoms with Gasteiger partial charge in [0.2, 0.25) is 11.5 Å². The molecule has 0 aliphatic carbocycles. The molecule has 0 saturated heterocycles. The van der Waals surface area contributed by atoms with E-state index >= 15 is 0 Å². The molecular formula is C7H9N5O2. The summed E-state index contributed by atoms with van der Waals surface area (Å²) in [4.78, 5) is 11.5. The van der Waals surface area contributed by atoms with Gasteiger partial charge in [0.25, 0.3) is 5.43 Å². The summed E-state index contributed by atoms with van der Waals surface area (Å²) in [7, 11) is 0. The first kappa shape index (κ1) is 8.54. The Hall–Kier alpha value is -2.05. The molecule has 74 valence electrons. The second-order valence-electron chi connectivity index (χ2n) is 2.64. The van der Waals surface area contributed by atoms with Crippen molar-refractivity contribution in [3.05, 3.63) is 16.6 Å². The van der Waals surface area contributed by atoms with Gasteiger partial charge in [-0.25, -0.2) is 4.52 Å². The van der Waals surface area contributed by atoms with E-state index in [1.165, 1.54) is 10.8 Å². The maximum absolute atomic E-state index is 11.5. The van der Waals surface area contributed by atoms with Crippen LogP contribution >= 0.6 is 0 Å². The minimum Gasteiger partial charge on any atom is -0.477 e. The highest BCUT2D eigenvalue weighted by atomic mass is 16.5. The summed E-state index contributed by atoms with van der Waals surface area (Å²) >= 11 is 0. The van der Waals surface area contributed by atoms with E-state index in [2.05, 4.69) is 15.3 Å². The Balaban J connectivity index is 2.74. The molecule has 0 radical (unpaired) electrons. The second-order valence-corrected chi connectivity index (χ2v) is 2.64. The van der Waals surface area contributed by atoms with E-state index in [1.54, 1.807) is 6.92 Å². The summed E-state index contributed by atoms with van der Waals surface area (Å²) in [6.07, 6.45) is 1.37. The quantitative estimate of drug-likeness (QED) is 0.666. The Kier molecular flexibility index (Phi) is 1.84. The van der Waals surface area contributed by atoms with Crippen molar-refractivity contribution in [1.29, 1.82) is 0 Å². The number of H-pyrrole nitrogens is 1. The fourth-order valence-corrected chi connectivity index (χ4v) is 1.12. The van der Waals surface area contributed by atoms with Gasteiger partial charge in [-0.05, 0) is 6.92 Å². The predicted octanol–water partition coefficient (Wildman–Crippen LogP) is -0.602. The average Bonchev–Trinajstić information content (AvgIpc) is 2.62. The number of ether oxygens (including phenoxy) is 1. The lowest BCUT2D eigenvalue weighted by Crippen LogP contribution is -2.16. The highest BCUT2D eigenvalue weighted by Crippen LogP contribution is 2.12. The number of nitrogens with zero attached hydrogens (tertiary/aromatic N) is 3. The lowest BCUT2D eigenvalue weighted by molar-refractivity contribution is 0.323. The van der Waals surface area contributed by atoms with Gasteiger partial charge in [-0.1, -0.05) is 0 Å². The van der Waals surface area contributed by atoms with E-state index in [4.69, 9.17) is 10.5 Å². The third-order valence-corrected chi connectivity index (χ3v) is 1.75. The zero-order valence-corrected chi connectivity index (χ0v) is 7.52. The second kappa shape index (κ2) is 3.02. The van der Waals surface area contributed by atoms with Crippen LogP contribution in [-0.2, 0) is 0 Å². The zero-order chi connectivity index (χ0) is 10.1. The van der Waals surface area contributed by atoms with E-state index in [9.17, 15) is 4.79 Å². The number of nitrogens with two attached hydrogens (primary N) is 1. The first-order valence-electron chi connectivity index (χ1n) is 4.08. The summed E-state index contributed by atoms with van der Waals surface area (Å²) in [6.45, 7) is 2.22. The van der Waals surface area contributed by atoms with Crippen LogP contribution in [0.5, 0.6) is 5.88 Å². The average molecular weight is 195 g/mol. The molecule has 0 amide bonds. The van der Waals surface area contributed by atoms with Crippen LogP contribution in [0.4, 0.5) is 5.69 Å². The van der Waals surface area contributed by atoms with E-state index in [0.717, 1.165) is 0 Å². The third-order valence-electron chi connectivity index (χ3n) is 1.75. The molecule has 0 fully saturated rings. The number of nitrogen functional groups attached to an aromatic ring is 1. The summed E-state index contributed by atoms with van der Waals surface area (Å²) in [5.74, 6) is 0.241. The third kappa shape index (κ3) is 1.10. The van der Waals surface area contributed by atoms with Gasteiger partial charge < -0.3 is 10.5 Å². The summed E-state index contributed by atoms with van der Waals surface area (Å²) in [5.41, 5.74) is 5.34. The Bertz CT molecular complexity index is 514. The van der Waals surface area contributed by atoms with Crippen LogP contribution in [0.1, 0.15) is 6.92 Å². The molecule has 3 N–H and O–H groups in total. The maximum atomic E-state index is 11.5. The van der Waals surface area contributed by atoms with Crippen LogP contribution in [0.3, 0.4) is 0 Å². The van der Waals surface area contributed by atoms with Gasteiger partial charge in [0, 0.05) is 0 Å². The molecular weight excluding hydrogens is 186 g/mol. The summed E-state index contributed by atoms with van der Waals surface area (Å²) in [6, 6.07) is 0. The molecule has 0 aliphatic heterocycles. The molecule has 7 heteroatoms. The van der Waals surface area contributed by atoms with E-state index in [-0.39, 0.29) is 22.6 Å². The van der Waals surface area contributed by atoms with Crippen molar-refractivity contribution in [2.45, 2.75) is 6.92 Å². The predicted molar refractivity (Wildman–Crippen MR) is 49.2 cm³/mol. The van der Waals surface area contributed by atoms with Gasteiger partial charge in [0.15, 0.2) is 0 Å². The number of hydrogen-bond donors (Lipinski definition) is 2. The van der Waals surface area contributed by atoms with Crippen LogP contribution in [0.15, 0.2) is 11.1 Å². The molecule has 0 aliphatic rings. The van der Waals surface area contributed by atoms with Crippen molar-refractivity contribution in [1.82, 2.24) is 19.8 Å². The molecule has 2 aromatic rings. The number of hydrogen-bond acceptors (Lipinski definition) is 5. The zero-order valence-electron chi connectivity index (χ0n) is 7.52. The van der Waals surface area contributed by atoms with Crippen molar-refractivity contribution in [3.63, 3.8) is 0 Å². The van der Waals surface area contributed by atoms with Crippen LogP contribution in [0.2, 0.25) is 0 Å². The molecule has 2 aromatic heterocycles. The topological polar surface area (TPSA) is 98.3 Å². The molecule has 7 nitrogen and oxygen atoms in total. The Morgan fingerprint density at radius 1 is 1.71 bits per heavy atom. The number of rotatable bonds is 2. The van der Waals surface area contributed by atoms with Crippen molar-refractivity contribution in [3.8, 4) is 5.88 Å². The molecule has 0 aromatic carbocycles. The minimum atomic E-state index is -0.385. The highest BCUT2D eigenvalue weighted by Gasteiger charge is 2.10. The first-order chi connectivity index (χ1) is 6.74. The number of aromatic amines is 1. The fraction of sp³-hybridized carbons (Fsp3) is 0.286. The molecule has 0 saturated carbocycles. The van der Waals surface area contributed by atoms with Crippen molar-refractivity contribution < 1.29 is 4.74 Å². The lowest BCUT2D eigenvalue weighted by Gasteiger charge is -2.05. The van der Waals surface area contributed by atoms with E-state index in [0.29, 0.717) is 6.61 Å². The Morgan fingerprint density at radius 2 is 2.50 bits per heavy atom. The van der Waals surface area contributed by atoms with Crippen molar-refractivity contribution in [2.75, 3.05) is 12.3 Å². The molecule has 0 bridgehead atoms. The molecule has 2 rings (SSSR count). The Labute approximate surface area is 78.5 Å². The monoisotopic (exact) mass is 195 g/mol. The summed E-state index contributed by atoms with van der Waals surface area (Å²) < 4.78 is 6.50. The van der Waals surface area contributed by atoms with Gasteiger partial charge in [0.1, 0.15) is 12.0 Å². The van der Waals surface area contributed by atoms with Gasteiger partial charge >= 0.3 is 0 Å². The van der Waals surface area contributed by atoms with Crippen LogP contribution in [0.25, 0.3) is 5.65 Å². The van der Waals surface area contributed by atoms with Crippen molar-refractivity contribution in [2.24, 2.45) is 0 Å². The Morgan fingerprint density at radius 3 is 3.21 bits per heavy atom. The number of nitrogens with one attached hydrogen (secondary N) is 1. The molecule has 0 spiro atoms. The van der Waals surface area contributed by atoms with E-state index in [1.807, 2.05) is 0 Å². The lowest BCUT2D eigenvalue weighted by atomic mass is 10.4. The van der Waals surface area contributed by atoms with Gasteiger partial charge in [-0.15, -0.1) is 10.2 Å². The maximum Gasteiger partial charge on any atom is 0.253 e. The fourth-order valence-electron chi connectivity index (χ4n) is 1.12. The number of anilines is 1. The van der Waals surface area contributed by atoms with Gasteiger partial charge in [-0.2, -0.15) is 0 Å². The SMILES string of the molecule is CCOc1[nH]n2cnnc2c(=O)c1N. The van der Waals surface area contributed by atoms with Gasteiger partial charge in [-0.3, -0.25) is 9.89 Å². The standard InChI is InChI=1S/C7H9N5O2/c1-2-14-7-4(8)5(13)6-10-9-3-12(6)11-7/h3,11H,2,8H2,1H3. The highest BCUT2D eigenvalue weighted by molar-refractivity contribution is 5.55. The molecule has 0 unspecified atom stereocenters. The van der Waals surface area contributed by atoms with Crippen molar-refractivity contribution >= 4 is 11.3 Å². The molecule has 14 heavy (non-hydrogen) atoms. The largest absolute Gasteiger partial charge is 0.477 e. The van der Waals surface area contributed by atoms with Crippen LogP contribution in [-0.4, -0.2) is 26.4 Å². The van der Waals surface area contributed by atoms with E-state index < -0.39 is 0 Å². The normalized spacial score (nSPS) is 10.6. The minimum absolute atomic E-state index is 0.0207.